The Morgan fingerprint density at radius 3 is 2.76 bits per heavy atom. The fourth-order valence-electron chi connectivity index (χ4n) is 2.30. The van der Waals surface area contributed by atoms with Crippen LogP contribution in [0, 0.1) is 5.92 Å². The van der Waals surface area contributed by atoms with E-state index in [4.69, 9.17) is 0 Å². The highest BCUT2D eigenvalue weighted by Crippen LogP contribution is 2.29. The number of rotatable bonds is 4. The van der Waals surface area contributed by atoms with Gasteiger partial charge < -0.3 is 5.11 Å². The first-order chi connectivity index (χ1) is 8.24. The number of nitrogens with zero attached hydrogens (tertiary/aromatic N) is 1. The van der Waals surface area contributed by atoms with Gasteiger partial charge in [-0.2, -0.15) is 0 Å². The first-order valence-corrected chi connectivity index (χ1v) is 6.24. The number of benzene rings is 1. The Hall–Kier alpha value is -1.41. The van der Waals surface area contributed by atoms with E-state index in [9.17, 15) is 5.11 Å². The normalized spacial score (nSPS) is 14.8. The van der Waals surface area contributed by atoms with Crippen molar-refractivity contribution in [2.45, 2.75) is 32.8 Å². The lowest BCUT2D eigenvalue weighted by Gasteiger charge is -2.19. The zero-order valence-corrected chi connectivity index (χ0v) is 10.4. The van der Waals surface area contributed by atoms with Gasteiger partial charge in [0.1, 0.15) is 0 Å². The van der Waals surface area contributed by atoms with Gasteiger partial charge in [0, 0.05) is 23.3 Å². The quantitative estimate of drug-likeness (QED) is 0.867. The van der Waals surface area contributed by atoms with Gasteiger partial charge >= 0.3 is 0 Å². The summed E-state index contributed by atoms with van der Waals surface area (Å²) in [5.74, 6) is 0.271. The third-order valence-corrected chi connectivity index (χ3v) is 3.30. The number of hydrogen-bond acceptors (Lipinski definition) is 2. The van der Waals surface area contributed by atoms with Crippen molar-refractivity contribution in [2.75, 3.05) is 0 Å². The van der Waals surface area contributed by atoms with Crippen molar-refractivity contribution >= 4 is 10.8 Å². The van der Waals surface area contributed by atoms with Crippen LogP contribution in [-0.2, 0) is 0 Å². The fraction of sp³-hybridized carbons (Fsp3) is 0.400. The molecule has 0 aliphatic heterocycles. The molecule has 0 radical (unpaired) electrons. The summed E-state index contributed by atoms with van der Waals surface area (Å²) in [7, 11) is 0. The fourth-order valence-corrected chi connectivity index (χ4v) is 2.30. The molecule has 0 amide bonds. The van der Waals surface area contributed by atoms with E-state index in [2.05, 4.69) is 18.8 Å². The van der Waals surface area contributed by atoms with Gasteiger partial charge in [-0.3, -0.25) is 4.98 Å². The summed E-state index contributed by atoms with van der Waals surface area (Å²) >= 11 is 0. The van der Waals surface area contributed by atoms with Gasteiger partial charge in [-0.1, -0.05) is 44.5 Å². The highest BCUT2D eigenvalue weighted by atomic mass is 16.3. The summed E-state index contributed by atoms with van der Waals surface area (Å²) in [5.41, 5.74) is 0.948. The maximum Gasteiger partial charge on any atom is 0.0836 e. The molecule has 1 aromatic heterocycles. The molecule has 2 unspecified atom stereocenters. The third-order valence-electron chi connectivity index (χ3n) is 3.30. The van der Waals surface area contributed by atoms with Crippen LogP contribution in [0.5, 0.6) is 0 Å². The average Bonchev–Trinajstić information content (AvgIpc) is 2.37. The lowest BCUT2D eigenvalue weighted by molar-refractivity contribution is 0.113. The van der Waals surface area contributed by atoms with E-state index in [0.717, 1.165) is 29.2 Å². The molecule has 17 heavy (non-hydrogen) atoms. The smallest absolute Gasteiger partial charge is 0.0836 e. The minimum atomic E-state index is -0.423. The summed E-state index contributed by atoms with van der Waals surface area (Å²) in [6, 6.07) is 8.08. The molecule has 1 aromatic carbocycles. The van der Waals surface area contributed by atoms with Gasteiger partial charge in [0.05, 0.1) is 6.10 Å². The molecule has 0 saturated carbocycles. The van der Waals surface area contributed by atoms with Crippen LogP contribution in [0.2, 0.25) is 0 Å². The zero-order chi connectivity index (χ0) is 12.3. The van der Waals surface area contributed by atoms with Gasteiger partial charge in [0.2, 0.25) is 0 Å². The van der Waals surface area contributed by atoms with Crippen LogP contribution in [0.3, 0.4) is 0 Å². The van der Waals surface area contributed by atoms with Crippen molar-refractivity contribution in [3.8, 4) is 0 Å². The Kier molecular flexibility index (Phi) is 3.75. The molecule has 0 spiro atoms. The van der Waals surface area contributed by atoms with Gasteiger partial charge in [0.15, 0.2) is 0 Å². The molecule has 2 heteroatoms. The van der Waals surface area contributed by atoms with Crippen molar-refractivity contribution in [2.24, 2.45) is 5.92 Å². The van der Waals surface area contributed by atoms with Crippen LogP contribution in [0.15, 0.2) is 36.7 Å². The Bertz CT molecular complexity index is 490. The molecule has 0 bridgehead atoms. The minimum absolute atomic E-state index is 0.271. The van der Waals surface area contributed by atoms with E-state index in [1.54, 1.807) is 6.20 Å². The second-order valence-electron chi connectivity index (χ2n) is 4.66. The topological polar surface area (TPSA) is 33.1 Å². The standard InChI is InChI=1S/C15H19NO/c1-3-6-11(2)15(17)14-10-16-9-12-7-4-5-8-13(12)14/h4-5,7-11,15,17H,3,6H2,1-2H3. The molecular formula is C15H19NO. The Labute approximate surface area is 102 Å². The van der Waals surface area contributed by atoms with Crippen LogP contribution in [0.4, 0.5) is 0 Å². The number of aliphatic hydroxyl groups excluding tert-OH is 1. The number of pyridine rings is 1. The lowest BCUT2D eigenvalue weighted by atomic mass is 9.92. The molecular weight excluding hydrogens is 210 g/mol. The SMILES string of the molecule is CCCC(C)C(O)c1cncc2ccccc12. The van der Waals surface area contributed by atoms with E-state index >= 15 is 0 Å². The highest BCUT2D eigenvalue weighted by Gasteiger charge is 2.17. The van der Waals surface area contributed by atoms with Crippen molar-refractivity contribution in [3.05, 3.63) is 42.2 Å². The van der Waals surface area contributed by atoms with Gasteiger partial charge in [0.25, 0.3) is 0 Å². The summed E-state index contributed by atoms with van der Waals surface area (Å²) in [5, 5.41) is 12.6. The molecule has 0 aliphatic rings. The molecule has 90 valence electrons. The van der Waals surface area contributed by atoms with E-state index in [0.29, 0.717) is 0 Å². The zero-order valence-electron chi connectivity index (χ0n) is 10.4. The van der Waals surface area contributed by atoms with Crippen LogP contribution in [0.25, 0.3) is 10.8 Å². The van der Waals surface area contributed by atoms with Gasteiger partial charge in [-0.05, 0) is 17.7 Å². The Balaban J connectivity index is 2.41. The summed E-state index contributed by atoms with van der Waals surface area (Å²) in [6.45, 7) is 4.24. The molecule has 0 fully saturated rings. The molecule has 2 aromatic rings. The largest absolute Gasteiger partial charge is 0.388 e. The van der Waals surface area contributed by atoms with E-state index in [1.807, 2.05) is 30.5 Å². The van der Waals surface area contributed by atoms with Crippen LogP contribution < -0.4 is 0 Å². The summed E-state index contributed by atoms with van der Waals surface area (Å²) < 4.78 is 0. The Morgan fingerprint density at radius 1 is 1.24 bits per heavy atom. The molecule has 2 nitrogen and oxygen atoms in total. The maximum atomic E-state index is 10.4. The number of aliphatic hydroxyl groups is 1. The molecule has 0 saturated heterocycles. The second kappa shape index (κ2) is 5.28. The predicted molar refractivity (Wildman–Crippen MR) is 70.8 cm³/mol. The Morgan fingerprint density at radius 2 is 2.00 bits per heavy atom. The molecule has 0 aliphatic carbocycles. The van der Waals surface area contributed by atoms with Gasteiger partial charge in [-0.15, -0.1) is 0 Å². The van der Waals surface area contributed by atoms with Crippen molar-refractivity contribution in [1.82, 2.24) is 4.98 Å². The summed E-state index contributed by atoms with van der Waals surface area (Å²) in [4.78, 5) is 4.22. The first kappa shape index (κ1) is 12.1. The van der Waals surface area contributed by atoms with Crippen LogP contribution >= 0.6 is 0 Å². The van der Waals surface area contributed by atoms with Crippen LogP contribution in [0.1, 0.15) is 38.4 Å². The number of aromatic nitrogens is 1. The van der Waals surface area contributed by atoms with E-state index in [-0.39, 0.29) is 5.92 Å². The lowest BCUT2D eigenvalue weighted by Crippen LogP contribution is -2.09. The average molecular weight is 229 g/mol. The minimum Gasteiger partial charge on any atom is -0.388 e. The third kappa shape index (κ3) is 2.47. The monoisotopic (exact) mass is 229 g/mol. The second-order valence-corrected chi connectivity index (χ2v) is 4.66. The number of hydrogen-bond donors (Lipinski definition) is 1. The van der Waals surface area contributed by atoms with Gasteiger partial charge in [-0.25, -0.2) is 0 Å². The number of fused-ring (bicyclic) bond motifs is 1. The molecule has 2 atom stereocenters. The first-order valence-electron chi connectivity index (χ1n) is 6.24. The molecule has 1 heterocycles. The molecule has 2 rings (SSSR count). The van der Waals surface area contributed by atoms with Crippen LogP contribution in [-0.4, -0.2) is 10.1 Å². The van der Waals surface area contributed by atoms with E-state index in [1.165, 1.54) is 0 Å². The van der Waals surface area contributed by atoms with Crippen molar-refractivity contribution in [1.29, 1.82) is 0 Å². The van der Waals surface area contributed by atoms with Crippen molar-refractivity contribution < 1.29 is 5.11 Å². The molecule has 1 N–H and O–H groups in total. The highest BCUT2D eigenvalue weighted by molar-refractivity contribution is 5.84. The predicted octanol–water partition coefficient (Wildman–Crippen LogP) is 3.70. The van der Waals surface area contributed by atoms with E-state index < -0.39 is 6.10 Å². The summed E-state index contributed by atoms with van der Waals surface area (Å²) in [6.07, 6.45) is 5.34. The van der Waals surface area contributed by atoms with Crippen molar-refractivity contribution in [3.63, 3.8) is 0 Å². The maximum absolute atomic E-state index is 10.4.